The summed E-state index contributed by atoms with van der Waals surface area (Å²) in [7, 11) is 0. The molecule has 2 aromatic rings. The predicted molar refractivity (Wildman–Crippen MR) is 144 cm³/mol. The topological polar surface area (TPSA) is 0 Å². The Kier molecular flexibility index (Phi) is 9.43. The minimum atomic E-state index is 0. The van der Waals surface area contributed by atoms with Crippen LogP contribution in [0.4, 0.5) is 0 Å². The molecule has 0 heteroatoms. The summed E-state index contributed by atoms with van der Waals surface area (Å²) in [5.74, 6) is 0. The van der Waals surface area contributed by atoms with Gasteiger partial charge in [0.15, 0.2) is 0 Å². The van der Waals surface area contributed by atoms with Gasteiger partial charge in [-0.3, -0.25) is 0 Å². The Balaban J connectivity index is 0.000000562. The van der Waals surface area contributed by atoms with Crippen molar-refractivity contribution in [2.24, 2.45) is 0 Å². The quantitative estimate of drug-likeness (QED) is 0.395. The summed E-state index contributed by atoms with van der Waals surface area (Å²) in [5, 5.41) is 0. The summed E-state index contributed by atoms with van der Waals surface area (Å²) < 4.78 is 0. The van der Waals surface area contributed by atoms with E-state index in [-0.39, 0.29) is 18.3 Å². The van der Waals surface area contributed by atoms with E-state index in [1.54, 1.807) is 0 Å². The molecule has 0 saturated carbocycles. The summed E-state index contributed by atoms with van der Waals surface area (Å²) >= 11 is 0. The standard InChI is InChI=1S/2C15H24.CH4/c2*1-9-10(2)12(4)14(15(6,7)8)13(5)11(9)3;/h2*1-8H3;1H4. The van der Waals surface area contributed by atoms with Gasteiger partial charge in [-0.1, -0.05) is 49.0 Å². The summed E-state index contributed by atoms with van der Waals surface area (Å²) in [5.41, 5.74) is 18.2. The highest BCUT2D eigenvalue weighted by molar-refractivity contribution is 5.52. The van der Waals surface area contributed by atoms with Crippen molar-refractivity contribution in [3.8, 4) is 0 Å². The van der Waals surface area contributed by atoms with Crippen LogP contribution in [0, 0.1) is 69.2 Å². The van der Waals surface area contributed by atoms with Gasteiger partial charge in [0.1, 0.15) is 0 Å². The van der Waals surface area contributed by atoms with Crippen LogP contribution in [0.25, 0.3) is 0 Å². The molecule has 0 fully saturated rings. The second kappa shape index (κ2) is 9.93. The minimum absolute atomic E-state index is 0. The van der Waals surface area contributed by atoms with Gasteiger partial charge in [-0.15, -0.1) is 0 Å². The largest absolute Gasteiger partial charge is 0.0776 e. The molecule has 0 N–H and O–H groups in total. The van der Waals surface area contributed by atoms with Crippen molar-refractivity contribution in [1.29, 1.82) is 0 Å². The van der Waals surface area contributed by atoms with Crippen molar-refractivity contribution in [1.82, 2.24) is 0 Å². The molecule has 0 unspecified atom stereocenters. The molecule has 31 heavy (non-hydrogen) atoms. The average Bonchev–Trinajstić information content (AvgIpc) is 2.60. The highest BCUT2D eigenvalue weighted by Gasteiger charge is 2.23. The Morgan fingerprint density at radius 3 is 0.548 bits per heavy atom. The van der Waals surface area contributed by atoms with E-state index >= 15 is 0 Å². The maximum atomic E-state index is 2.30. The maximum absolute atomic E-state index is 2.30. The molecule has 0 spiro atoms. The van der Waals surface area contributed by atoms with Gasteiger partial charge >= 0.3 is 0 Å². The van der Waals surface area contributed by atoms with Crippen LogP contribution in [-0.4, -0.2) is 0 Å². The number of hydrogen-bond donors (Lipinski definition) is 0. The number of rotatable bonds is 0. The fraction of sp³-hybridized carbons (Fsp3) is 0.613. The van der Waals surface area contributed by atoms with Crippen molar-refractivity contribution in [2.75, 3.05) is 0 Å². The van der Waals surface area contributed by atoms with Gasteiger partial charge in [-0.2, -0.15) is 0 Å². The lowest BCUT2D eigenvalue weighted by molar-refractivity contribution is 0.579. The highest BCUT2D eigenvalue weighted by Crippen LogP contribution is 2.35. The summed E-state index contributed by atoms with van der Waals surface area (Å²) in [6.45, 7) is 36.3. The monoisotopic (exact) mass is 424 g/mol. The third-order valence-electron chi connectivity index (χ3n) is 7.50. The maximum Gasteiger partial charge on any atom is -0.0126 e. The fourth-order valence-electron chi connectivity index (χ4n) is 5.25. The van der Waals surface area contributed by atoms with E-state index in [1.807, 2.05) is 0 Å². The van der Waals surface area contributed by atoms with Crippen molar-refractivity contribution in [2.45, 2.75) is 129 Å². The third kappa shape index (κ3) is 5.82. The van der Waals surface area contributed by atoms with Crippen LogP contribution in [0.3, 0.4) is 0 Å². The molecular formula is C31H52. The van der Waals surface area contributed by atoms with Gasteiger partial charge in [0, 0.05) is 0 Å². The molecule has 176 valence electrons. The fourth-order valence-corrected chi connectivity index (χ4v) is 5.25. The Labute approximate surface area is 195 Å². The first-order valence-electron chi connectivity index (χ1n) is 11.5. The van der Waals surface area contributed by atoms with E-state index in [0.717, 1.165) is 0 Å². The van der Waals surface area contributed by atoms with Gasteiger partial charge in [0.2, 0.25) is 0 Å². The van der Waals surface area contributed by atoms with Crippen LogP contribution in [0.2, 0.25) is 0 Å². The van der Waals surface area contributed by atoms with Crippen molar-refractivity contribution >= 4 is 0 Å². The van der Waals surface area contributed by atoms with Crippen LogP contribution in [0.5, 0.6) is 0 Å². The van der Waals surface area contributed by atoms with Crippen LogP contribution in [-0.2, 0) is 10.8 Å². The van der Waals surface area contributed by atoms with E-state index in [2.05, 4.69) is 111 Å². The molecule has 0 nitrogen and oxygen atoms in total. The molecular weight excluding hydrogens is 372 g/mol. The molecule has 0 aliphatic carbocycles. The summed E-state index contributed by atoms with van der Waals surface area (Å²) in [6, 6.07) is 0. The van der Waals surface area contributed by atoms with Crippen molar-refractivity contribution < 1.29 is 0 Å². The lowest BCUT2D eigenvalue weighted by atomic mass is 9.77. The Hall–Kier alpha value is -1.56. The van der Waals surface area contributed by atoms with Gasteiger partial charge in [0.05, 0.1) is 0 Å². The first-order valence-corrected chi connectivity index (χ1v) is 11.5. The SMILES string of the molecule is C.Cc1c(C)c(C)c(C(C)(C)C)c(C)c1C.Cc1c(C)c(C)c(C(C)(C)C)c(C)c1C. The summed E-state index contributed by atoms with van der Waals surface area (Å²) in [6.07, 6.45) is 0. The second-order valence-electron chi connectivity index (χ2n) is 11.5. The molecule has 2 rings (SSSR count). The van der Waals surface area contributed by atoms with Gasteiger partial charge in [0.25, 0.3) is 0 Å². The van der Waals surface area contributed by atoms with Gasteiger partial charge < -0.3 is 0 Å². The predicted octanol–water partition coefficient (Wildman–Crippen LogP) is 9.69. The van der Waals surface area contributed by atoms with E-state index in [1.165, 1.54) is 66.8 Å². The second-order valence-corrected chi connectivity index (χ2v) is 11.5. The average molecular weight is 425 g/mol. The van der Waals surface area contributed by atoms with Crippen LogP contribution < -0.4 is 0 Å². The molecule has 0 radical (unpaired) electrons. The molecule has 0 aliphatic rings. The Morgan fingerprint density at radius 1 is 0.290 bits per heavy atom. The first kappa shape index (κ1) is 29.4. The normalized spacial score (nSPS) is 11.6. The van der Waals surface area contributed by atoms with Gasteiger partial charge in [-0.05, 0) is 147 Å². The number of benzene rings is 2. The van der Waals surface area contributed by atoms with E-state index in [4.69, 9.17) is 0 Å². The molecule has 0 heterocycles. The lowest BCUT2D eigenvalue weighted by Crippen LogP contribution is -2.17. The Bertz CT molecular complexity index is 800. The van der Waals surface area contributed by atoms with Crippen molar-refractivity contribution in [3.63, 3.8) is 0 Å². The lowest BCUT2D eigenvalue weighted by Gasteiger charge is -2.28. The molecule has 0 bridgehead atoms. The molecule has 0 aromatic heterocycles. The highest BCUT2D eigenvalue weighted by atomic mass is 14.3. The third-order valence-corrected chi connectivity index (χ3v) is 7.50. The van der Waals surface area contributed by atoms with Crippen LogP contribution in [0.15, 0.2) is 0 Å². The Morgan fingerprint density at radius 2 is 0.419 bits per heavy atom. The molecule has 2 aromatic carbocycles. The van der Waals surface area contributed by atoms with Crippen LogP contribution >= 0.6 is 0 Å². The molecule has 0 atom stereocenters. The zero-order valence-electron chi connectivity index (χ0n) is 23.0. The first-order chi connectivity index (χ1) is 13.4. The van der Waals surface area contributed by atoms with E-state index < -0.39 is 0 Å². The van der Waals surface area contributed by atoms with E-state index in [9.17, 15) is 0 Å². The van der Waals surface area contributed by atoms with E-state index in [0.29, 0.717) is 0 Å². The molecule has 0 aliphatic heterocycles. The van der Waals surface area contributed by atoms with Crippen LogP contribution in [0.1, 0.15) is 116 Å². The van der Waals surface area contributed by atoms with Gasteiger partial charge in [-0.25, -0.2) is 0 Å². The zero-order valence-corrected chi connectivity index (χ0v) is 23.0. The number of hydrogen-bond acceptors (Lipinski definition) is 0. The minimum Gasteiger partial charge on any atom is -0.0776 e. The smallest absolute Gasteiger partial charge is 0.0126 e. The summed E-state index contributed by atoms with van der Waals surface area (Å²) in [4.78, 5) is 0. The zero-order chi connectivity index (χ0) is 23.9. The molecule has 0 saturated heterocycles. The van der Waals surface area contributed by atoms with Crippen molar-refractivity contribution in [3.05, 3.63) is 66.8 Å². The molecule has 0 amide bonds.